The van der Waals surface area contributed by atoms with E-state index in [0.29, 0.717) is 25.7 Å². The van der Waals surface area contributed by atoms with E-state index in [4.69, 9.17) is 0 Å². The van der Waals surface area contributed by atoms with Crippen molar-refractivity contribution in [3.8, 4) is 0 Å². The zero-order chi connectivity index (χ0) is 15.1. The number of nitrogens with zero attached hydrogens (tertiary/aromatic N) is 2. The minimum absolute atomic E-state index is 0.155. The Morgan fingerprint density at radius 3 is 1.60 bits per heavy atom. The highest BCUT2D eigenvalue weighted by molar-refractivity contribution is 5.79. The van der Waals surface area contributed by atoms with Gasteiger partial charge < -0.3 is 0 Å². The Morgan fingerprint density at radius 2 is 1.25 bits per heavy atom. The number of unbranched alkanes of at least 4 members (excludes halogenated alkanes) is 1. The van der Waals surface area contributed by atoms with Crippen molar-refractivity contribution >= 4 is 24.2 Å². The molecule has 0 saturated heterocycles. The number of allylic oxidation sites excluding steroid dienone is 4. The number of nitrogens with one attached hydrogen (secondary N) is 2. The molecule has 0 saturated carbocycles. The third-order valence-corrected chi connectivity index (χ3v) is 2.14. The second-order valence-corrected chi connectivity index (χ2v) is 3.88. The largest absolute Gasteiger partial charge is 0.273 e. The molecule has 0 atom stereocenters. The Morgan fingerprint density at radius 1 is 0.850 bits per heavy atom. The van der Waals surface area contributed by atoms with Gasteiger partial charge in [0, 0.05) is 25.3 Å². The summed E-state index contributed by atoms with van der Waals surface area (Å²) in [6.07, 6.45) is 12.1. The normalized spacial score (nSPS) is 11.9. The Bertz CT molecular complexity index is 360. The van der Waals surface area contributed by atoms with Gasteiger partial charge in [-0.1, -0.05) is 12.2 Å². The number of hydrazone groups is 2. The van der Waals surface area contributed by atoms with Gasteiger partial charge in [-0.25, -0.2) is 10.9 Å². The van der Waals surface area contributed by atoms with Gasteiger partial charge in [-0.15, -0.1) is 0 Å². The summed E-state index contributed by atoms with van der Waals surface area (Å²) in [4.78, 5) is 22.6. The highest BCUT2D eigenvalue weighted by Crippen LogP contribution is 1.99. The topological polar surface area (TPSA) is 82.9 Å². The summed E-state index contributed by atoms with van der Waals surface area (Å²) in [5.74, 6) is -0.311. The maximum absolute atomic E-state index is 11.3. The molecule has 0 aromatic heterocycles. The highest BCUT2D eigenvalue weighted by atomic mass is 16.2. The fourth-order valence-corrected chi connectivity index (χ4v) is 1.16. The number of hydrogen-bond acceptors (Lipinski definition) is 4. The first-order chi connectivity index (χ1) is 9.70. The van der Waals surface area contributed by atoms with E-state index in [0.717, 1.165) is 0 Å². The minimum Gasteiger partial charge on any atom is -0.273 e. The zero-order valence-electron chi connectivity index (χ0n) is 12.0. The number of rotatable bonds is 9. The van der Waals surface area contributed by atoms with Crippen LogP contribution in [0.3, 0.4) is 0 Å². The van der Waals surface area contributed by atoms with E-state index in [-0.39, 0.29) is 11.8 Å². The van der Waals surface area contributed by atoms with Crippen LogP contribution in [0.5, 0.6) is 0 Å². The molecule has 0 rings (SSSR count). The van der Waals surface area contributed by atoms with E-state index >= 15 is 0 Å². The van der Waals surface area contributed by atoms with E-state index in [9.17, 15) is 9.59 Å². The van der Waals surface area contributed by atoms with Crippen LogP contribution in [0, 0.1) is 0 Å². The molecule has 0 aromatic rings. The molecule has 110 valence electrons. The van der Waals surface area contributed by atoms with Crippen LogP contribution in [0.4, 0.5) is 0 Å². The molecular formula is C14H22N4O2. The van der Waals surface area contributed by atoms with Gasteiger partial charge in [0.2, 0.25) is 11.8 Å². The molecule has 0 unspecified atom stereocenters. The van der Waals surface area contributed by atoms with Crippen LogP contribution in [-0.4, -0.2) is 24.2 Å². The first-order valence-corrected chi connectivity index (χ1v) is 6.57. The fraction of sp³-hybridized carbons (Fsp3) is 0.429. The van der Waals surface area contributed by atoms with E-state index in [1.165, 1.54) is 12.4 Å². The van der Waals surface area contributed by atoms with Crippen LogP contribution in [0.25, 0.3) is 0 Å². The summed E-state index contributed by atoms with van der Waals surface area (Å²) in [5, 5.41) is 7.43. The summed E-state index contributed by atoms with van der Waals surface area (Å²) < 4.78 is 0. The van der Waals surface area contributed by atoms with Crippen molar-refractivity contribution < 1.29 is 9.59 Å². The van der Waals surface area contributed by atoms with Gasteiger partial charge in [0.25, 0.3) is 0 Å². The van der Waals surface area contributed by atoms with Crippen LogP contribution >= 0.6 is 0 Å². The van der Waals surface area contributed by atoms with E-state index in [1.54, 1.807) is 12.2 Å². The maximum atomic E-state index is 11.3. The number of carbonyl (C=O) groups is 2. The minimum atomic E-state index is -0.155. The molecule has 0 fully saturated rings. The Balaban J connectivity index is 3.60. The van der Waals surface area contributed by atoms with Gasteiger partial charge in [-0.2, -0.15) is 10.2 Å². The lowest BCUT2D eigenvalue weighted by atomic mass is 10.2. The van der Waals surface area contributed by atoms with Crippen LogP contribution in [0.1, 0.15) is 39.5 Å². The molecule has 0 aliphatic heterocycles. The Hall–Kier alpha value is -2.24. The molecule has 2 N–H and O–H groups in total. The Kier molecular flexibility index (Phi) is 11.7. The molecule has 6 heteroatoms. The number of amides is 2. The van der Waals surface area contributed by atoms with Crippen molar-refractivity contribution in [1.29, 1.82) is 0 Å². The van der Waals surface area contributed by atoms with Crippen molar-refractivity contribution in [3.05, 3.63) is 24.3 Å². The van der Waals surface area contributed by atoms with Crippen LogP contribution in [0.15, 0.2) is 34.5 Å². The van der Waals surface area contributed by atoms with Crippen molar-refractivity contribution in [2.24, 2.45) is 10.2 Å². The van der Waals surface area contributed by atoms with Gasteiger partial charge in [0.05, 0.1) is 0 Å². The summed E-state index contributed by atoms with van der Waals surface area (Å²) in [6.45, 7) is 3.73. The van der Waals surface area contributed by atoms with Crippen LogP contribution < -0.4 is 10.9 Å². The monoisotopic (exact) mass is 278 g/mol. The van der Waals surface area contributed by atoms with Crippen LogP contribution in [0.2, 0.25) is 0 Å². The molecule has 20 heavy (non-hydrogen) atoms. The van der Waals surface area contributed by atoms with Gasteiger partial charge in [0.1, 0.15) is 0 Å². The lowest BCUT2D eigenvalue weighted by Crippen LogP contribution is -2.18. The lowest BCUT2D eigenvalue weighted by molar-refractivity contribution is -0.123. The molecule has 0 heterocycles. The van der Waals surface area contributed by atoms with Crippen molar-refractivity contribution in [3.63, 3.8) is 0 Å². The average Bonchev–Trinajstić information content (AvgIpc) is 2.44. The standard InChI is InChI=1S/C14H22N4O2/c1-3-5-11-15-17-13(19)9-7-8-10-14(20)18-16-12-6-4-2/h3-6,11-12H,7-10H2,1-2H3,(H,17,19)(H,18,20). The molecule has 2 amide bonds. The van der Waals surface area contributed by atoms with Crippen LogP contribution in [-0.2, 0) is 9.59 Å². The quantitative estimate of drug-likeness (QED) is 0.383. The molecule has 0 radical (unpaired) electrons. The van der Waals surface area contributed by atoms with E-state index in [2.05, 4.69) is 21.1 Å². The molecule has 0 spiro atoms. The second kappa shape index (κ2) is 13.2. The maximum Gasteiger partial charge on any atom is 0.240 e. The highest BCUT2D eigenvalue weighted by Gasteiger charge is 2.02. The van der Waals surface area contributed by atoms with Crippen molar-refractivity contribution in [2.75, 3.05) is 0 Å². The lowest BCUT2D eigenvalue weighted by Gasteiger charge is -2.00. The van der Waals surface area contributed by atoms with E-state index < -0.39 is 0 Å². The third kappa shape index (κ3) is 12.2. The summed E-state index contributed by atoms with van der Waals surface area (Å²) >= 11 is 0. The first-order valence-electron chi connectivity index (χ1n) is 6.57. The predicted octanol–water partition coefficient (Wildman–Crippen LogP) is 1.90. The third-order valence-electron chi connectivity index (χ3n) is 2.14. The van der Waals surface area contributed by atoms with Crippen molar-refractivity contribution in [2.45, 2.75) is 39.5 Å². The smallest absolute Gasteiger partial charge is 0.240 e. The molecule has 0 aliphatic rings. The first kappa shape index (κ1) is 17.8. The van der Waals surface area contributed by atoms with E-state index in [1.807, 2.05) is 26.0 Å². The van der Waals surface area contributed by atoms with Gasteiger partial charge >= 0.3 is 0 Å². The summed E-state index contributed by atoms with van der Waals surface area (Å²) in [7, 11) is 0. The summed E-state index contributed by atoms with van der Waals surface area (Å²) in [6, 6.07) is 0. The zero-order valence-corrected chi connectivity index (χ0v) is 12.0. The second-order valence-electron chi connectivity index (χ2n) is 3.88. The molecule has 0 aliphatic carbocycles. The average molecular weight is 278 g/mol. The SMILES string of the molecule is CC=CC=NNC(=O)CCCCC(=O)NN=CC=CC. The molecular weight excluding hydrogens is 256 g/mol. The summed E-state index contributed by atoms with van der Waals surface area (Å²) in [5.41, 5.74) is 4.80. The number of hydrogen-bond donors (Lipinski definition) is 2. The molecule has 0 aromatic carbocycles. The number of carbonyl (C=O) groups excluding carboxylic acids is 2. The van der Waals surface area contributed by atoms with Gasteiger partial charge in [0.15, 0.2) is 0 Å². The van der Waals surface area contributed by atoms with Gasteiger partial charge in [-0.05, 0) is 38.8 Å². The predicted molar refractivity (Wildman–Crippen MR) is 81.4 cm³/mol. The Labute approximate surface area is 119 Å². The fourth-order valence-electron chi connectivity index (χ4n) is 1.16. The van der Waals surface area contributed by atoms with Gasteiger partial charge in [-0.3, -0.25) is 9.59 Å². The molecule has 6 nitrogen and oxygen atoms in total. The molecule has 0 bridgehead atoms. The van der Waals surface area contributed by atoms with Crippen molar-refractivity contribution in [1.82, 2.24) is 10.9 Å².